The fourth-order valence-electron chi connectivity index (χ4n) is 0.644. The molecule has 0 atom stereocenters. The molecule has 0 amide bonds. The topological polar surface area (TPSA) is 12.0 Å². The maximum atomic E-state index is 5.70. The van der Waals surface area contributed by atoms with Gasteiger partial charge in [0.2, 0.25) is 0 Å². The van der Waals surface area contributed by atoms with Gasteiger partial charge in [0.25, 0.3) is 0 Å². The van der Waals surface area contributed by atoms with E-state index in [2.05, 4.69) is 4.98 Å². The molecule has 0 aliphatic rings. The van der Waals surface area contributed by atoms with Crippen molar-refractivity contribution in [1.29, 1.82) is 0 Å². The molecule has 0 bridgehead atoms. The highest BCUT2D eigenvalue weighted by Crippen LogP contribution is 2.13. The van der Waals surface area contributed by atoms with Gasteiger partial charge in [-0.15, -0.1) is 0 Å². The largest absolute Gasteiger partial charge is 0.419 e. The van der Waals surface area contributed by atoms with Gasteiger partial charge in [-0.3, -0.25) is 0 Å². The van der Waals surface area contributed by atoms with Gasteiger partial charge in [-0.2, -0.15) is 0 Å². The molecule has 3 heteroatoms. The smallest absolute Gasteiger partial charge is 0.104 e. The number of hydrogen-bond acceptors (Lipinski definition) is 1. The number of anilines is 1. The summed E-state index contributed by atoms with van der Waals surface area (Å²) in [5, 5.41) is 0.788. The Balaban J connectivity index is 2.94. The molecule has 1 nitrogen and oxygen atoms in total. The van der Waals surface area contributed by atoms with Crippen molar-refractivity contribution in [3.63, 3.8) is 0 Å². The average Bonchev–Trinajstić information content (AvgIpc) is 1.88. The van der Waals surface area contributed by atoms with E-state index in [4.69, 9.17) is 11.6 Å². The van der Waals surface area contributed by atoms with Gasteiger partial charge < -0.3 is 4.98 Å². The van der Waals surface area contributed by atoms with Crippen LogP contribution in [-0.2, 0) is 0 Å². The summed E-state index contributed by atoms with van der Waals surface area (Å²) < 4.78 is 0. The monoisotopic (exact) mass is 157 g/mol. The fraction of sp³-hybridized carbons (Fsp3) is 0. The summed E-state index contributed by atoms with van der Waals surface area (Å²) in [5.74, 6) is 0. The van der Waals surface area contributed by atoms with Crippen LogP contribution in [0, 0.1) is 0 Å². The first-order valence-electron chi connectivity index (χ1n) is 2.76. The Morgan fingerprint density at radius 3 is 2.67 bits per heavy atom. The Kier molecular flexibility index (Phi) is 2.14. The lowest BCUT2D eigenvalue weighted by atomic mass is 10.3. The molecule has 0 heterocycles. The maximum Gasteiger partial charge on any atom is 0.104 e. The van der Waals surface area contributed by atoms with Crippen molar-refractivity contribution in [3.05, 3.63) is 29.3 Å². The van der Waals surface area contributed by atoms with E-state index in [0.29, 0.717) is 0 Å². The predicted octanol–water partition coefficient (Wildman–Crippen LogP) is 1.03. The lowest BCUT2D eigenvalue weighted by Gasteiger charge is -1.97. The standard InChI is InChI=1S/C6H8ClNSi/c7-5-2-1-3-6(4-5)8-9/h1-4,8H,9H3. The van der Waals surface area contributed by atoms with E-state index in [1.807, 2.05) is 24.3 Å². The number of nitrogens with one attached hydrogen (secondary N) is 1. The summed E-state index contributed by atoms with van der Waals surface area (Å²) in [6, 6.07) is 7.71. The average molecular weight is 158 g/mol. The van der Waals surface area contributed by atoms with E-state index in [-0.39, 0.29) is 0 Å². The first-order valence-corrected chi connectivity index (χ1v) is 4.14. The van der Waals surface area contributed by atoms with Gasteiger partial charge in [-0.25, -0.2) is 0 Å². The zero-order valence-corrected chi connectivity index (χ0v) is 7.94. The minimum Gasteiger partial charge on any atom is -0.419 e. The minimum atomic E-state index is 0.788. The van der Waals surface area contributed by atoms with Gasteiger partial charge >= 0.3 is 0 Å². The molecular weight excluding hydrogens is 150 g/mol. The molecule has 0 radical (unpaired) electrons. The molecule has 0 aliphatic carbocycles. The van der Waals surface area contributed by atoms with Gasteiger partial charge in [0.15, 0.2) is 0 Å². The Hall–Kier alpha value is -0.473. The van der Waals surface area contributed by atoms with Crippen LogP contribution in [0.2, 0.25) is 5.02 Å². The quantitative estimate of drug-likeness (QED) is 0.601. The zero-order chi connectivity index (χ0) is 6.69. The highest BCUT2D eigenvalue weighted by molar-refractivity contribution is 6.31. The number of halogens is 1. The van der Waals surface area contributed by atoms with Crippen molar-refractivity contribution in [2.45, 2.75) is 0 Å². The predicted molar refractivity (Wildman–Crippen MR) is 45.0 cm³/mol. The summed E-state index contributed by atoms with van der Waals surface area (Å²) in [5.41, 5.74) is 1.11. The van der Waals surface area contributed by atoms with Crippen molar-refractivity contribution < 1.29 is 0 Å². The second-order valence-corrected chi connectivity index (χ2v) is 2.70. The normalized spacial score (nSPS) is 9.44. The SMILES string of the molecule is [SiH3]Nc1cccc(Cl)c1. The highest BCUT2D eigenvalue weighted by Gasteiger charge is 1.86. The summed E-state index contributed by atoms with van der Waals surface area (Å²) in [7, 11) is 0.966. The lowest BCUT2D eigenvalue weighted by molar-refractivity contribution is 1.68. The van der Waals surface area contributed by atoms with Gasteiger partial charge in [0.05, 0.1) is 0 Å². The molecule has 1 aromatic rings. The van der Waals surface area contributed by atoms with Crippen LogP contribution in [0.5, 0.6) is 0 Å². The van der Waals surface area contributed by atoms with E-state index >= 15 is 0 Å². The van der Waals surface area contributed by atoms with Gasteiger partial charge in [-0.1, -0.05) is 17.7 Å². The summed E-state index contributed by atoms with van der Waals surface area (Å²) in [6.45, 7) is 0. The molecule has 0 aliphatic heterocycles. The van der Waals surface area contributed by atoms with E-state index in [9.17, 15) is 0 Å². The van der Waals surface area contributed by atoms with Gasteiger partial charge in [0, 0.05) is 10.7 Å². The summed E-state index contributed by atoms with van der Waals surface area (Å²) in [6.07, 6.45) is 0. The molecule has 1 rings (SSSR count). The van der Waals surface area contributed by atoms with Crippen molar-refractivity contribution in [3.8, 4) is 0 Å². The number of hydrogen-bond donors (Lipinski definition) is 1. The molecule has 9 heavy (non-hydrogen) atoms. The van der Waals surface area contributed by atoms with Crippen LogP contribution < -0.4 is 4.98 Å². The van der Waals surface area contributed by atoms with E-state index in [0.717, 1.165) is 21.1 Å². The zero-order valence-electron chi connectivity index (χ0n) is 5.19. The van der Waals surface area contributed by atoms with Crippen LogP contribution in [0.15, 0.2) is 24.3 Å². The van der Waals surface area contributed by atoms with Crippen LogP contribution in [0.3, 0.4) is 0 Å². The summed E-state index contributed by atoms with van der Waals surface area (Å²) >= 11 is 5.70. The van der Waals surface area contributed by atoms with Gasteiger partial charge in [-0.05, 0) is 18.2 Å². The first-order chi connectivity index (χ1) is 4.33. The molecule has 0 spiro atoms. The molecule has 0 aromatic heterocycles. The lowest BCUT2D eigenvalue weighted by Crippen LogP contribution is -1.88. The van der Waals surface area contributed by atoms with Gasteiger partial charge in [0.1, 0.15) is 10.4 Å². The third-order valence-corrected chi connectivity index (χ3v) is 1.93. The van der Waals surface area contributed by atoms with Crippen LogP contribution >= 0.6 is 11.6 Å². The van der Waals surface area contributed by atoms with Crippen molar-refractivity contribution in [1.82, 2.24) is 0 Å². The van der Waals surface area contributed by atoms with Crippen molar-refractivity contribution >= 4 is 27.7 Å². The Labute approximate surface area is 62.5 Å². The molecule has 1 aromatic carbocycles. The van der Waals surface area contributed by atoms with Crippen molar-refractivity contribution in [2.24, 2.45) is 0 Å². The molecule has 48 valence electrons. The van der Waals surface area contributed by atoms with Crippen LogP contribution in [0.4, 0.5) is 5.69 Å². The Morgan fingerprint density at radius 2 is 2.22 bits per heavy atom. The molecular formula is C6H8ClNSi. The molecule has 1 N–H and O–H groups in total. The van der Waals surface area contributed by atoms with Crippen molar-refractivity contribution in [2.75, 3.05) is 4.98 Å². The van der Waals surface area contributed by atoms with Crippen LogP contribution in [-0.4, -0.2) is 10.4 Å². The molecule has 0 fully saturated rings. The van der Waals surface area contributed by atoms with E-state index in [1.165, 1.54) is 0 Å². The number of benzene rings is 1. The molecule has 0 saturated heterocycles. The molecule has 0 unspecified atom stereocenters. The van der Waals surface area contributed by atoms with E-state index in [1.54, 1.807) is 0 Å². The second kappa shape index (κ2) is 2.89. The van der Waals surface area contributed by atoms with Crippen LogP contribution in [0.1, 0.15) is 0 Å². The molecule has 0 saturated carbocycles. The number of rotatable bonds is 1. The Bertz CT molecular complexity index is 202. The highest BCUT2D eigenvalue weighted by atomic mass is 35.5. The van der Waals surface area contributed by atoms with E-state index < -0.39 is 0 Å². The Morgan fingerprint density at radius 1 is 1.44 bits per heavy atom. The first kappa shape index (κ1) is 6.64. The minimum absolute atomic E-state index is 0.788. The fourth-order valence-corrected chi connectivity index (χ4v) is 1.15. The third-order valence-electron chi connectivity index (χ3n) is 1.11. The summed E-state index contributed by atoms with van der Waals surface area (Å²) in [4.78, 5) is 3.12. The maximum absolute atomic E-state index is 5.70. The second-order valence-electron chi connectivity index (χ2n) is 1.76. The van der Waals surface area contributed by atoms with Crippen LogP contribution in [0.25, 0.3) is 0 Å². The third kappa shape index (κ3) is 1.73.